The molecule has 2 amide bonds. The number of para-hydroxylation sites is 1. The fourth-order valence-electron chi connectivity index (χ4n) is 6.21. The second-order valence-electron chi connectivity index (χ2n) is 11.3. The van der Waals surface area contributed by atoms with Crippen LogP contribution in [0.4, 0.5) is 0 Å². The third-order valence-electron chi connectivity index (χ3n) is 8.39. The molecule has 1 aromatic heterocycles. The zero-order valence-electron chi connectivity index (χ0n) is 22.6. The molecular formula is C26H33N10O5+. The van der Waals surface area contributed by atoms with Crippen molar-refractivity contribution in [3.63, 3.8) is 0 Å². The number of guanidine groups is 2. The van der Waals surface area contributed by atoms with Gasteiger partial charge in [-0.2, -0.15) is 0 Å². The number of benzene rings is 1. The number of aromatic nitrogens is 2. The molecule has 1 saturated heterocycles. The van der Waals surface area contributed by atoms with Gasteiger partial charge >= 0.3 is 5.96 Å². The van der Waals surface area contributed by atoms with Gasteiger partial charge in [-0.05, 0) is 24.0 Å². The molecule has 216 valence electrons. The number of rotatable bonds is 5. The molecule has 0 radical (unpaired) electrons. The number of amides is 2. The number of carbonyl (C=O) groups is 2. The van der Waals surface area contributed by atoms with E-state index in [9.17, 15) is 19.8 Å². The first-order valence-corrected chi connectivity index (χ1v) is 13.3. The molecule has 1 fully saturated rings. The van der Waals surface area contributed by atoms with Gasteiger partial charge in [-0.15, -0.1) is 0 Å². The summed E-state index contributed by atoms with van der Waals surface area (Å²) in [5, 5.41) is 31.9. The van der Waals surface area contributed by atoms with E-state index in [2.05, 4.69) is 49.8 Å². The van der Waals surface area contributed by atoms with Crippen molar-refractivity contribution < 1.29 is 29.5 Å². The van der Waals surface area contributed by atoms with Gasteiger partial charge in [-0.3, -0.25) is 25.2 Å². The van der Waals surface area contributed by atoms with Gasteiger partial charge in [0.05, 0.1) is 18.7 Å². The summed E-state index contributed by atoms with van der Waals surface area (Å²) in [6.45, 7) is 4.50. The minimum atomic E-state index is -2.60. The Labute approximate surface area is 235 Å². The highest BCUT2D eigenvalue weighted by molar-refractivity contribution is 5.98. The van der Waals surface area contributed by atoms with Crippen molar-refractivity contribution in [1.29, 1.82) is 0 Å². The van der Waals surface area contributed by atoms with Gasteiger partial charge in [0.2, 0.25) is 11.6 Å². The average Bonchev–Trinajstić information content (AvgIpc) is 3.41. The Morgan fingerprint density at radius 3 is 2.71 bits per heavy atom. The summed E-state index contributed by atoms with van der Waals surface area (Å²) >= 11 is 0. The van der Waals surface area contributed by atoms with Crippen molar-refractivity contribution in [2.45, 2.75) is 55.3 Å². The third-order valence-corrected chi connectivity index (χ3v) is 8.39. The summed E-state index contributed by atoms with van der Waals surface area (Å²) in [7, 11) is 0. The van der Waals surface area contributed by atoms with Crippen LogP contribution in [0.1, 0.15) is 46.8 Å². The van der Waals surface area contributed by atoms with Gasteiger partial charge in [0.15, 0.2) is 12.0 Å². The number of ether oxygens (including phenoxy) is 1. The Morgan fingerprint density at radius 1 is 1.20 bits per heavy atom. The molecule has 15 heteroatoms. The molecule has 15 nitrogen and oxygen atoms in total. The van der Waals surface area contributed by atoms with E-state index in [4.69, 9.17) is 16.2 Å². The van der Waals surface area contributed by atoms with Gasteiger partial charge in [-0.1, -0.05) is 26.0 Å². The van der Waals surface area contributed by atoms with E-state index in [0.717, 1.165) is 12.0 Å². The first-order chi connectivity index (χ1) is 19.5. The van der Waals surface area contributed by atoms with E-state index >= 15 is 0 Å². The molecule has 0 bridgehead atoms. The molecule has 41 heavy (non-hydrogen) atoms. The number of hydrogen-bond acceptors (Lipinski definition) is 12. The van der Waals surface area contributed by atoms with Crippen LogP contribution in [0.3, 0.4) is 0 Å². The molecule has 2 aromatic rings. The lowest BCUT2D eigenvalue weighted by Gasteiger charge is -2.46. The summed E-state index contributed by atoms with van der Waals surface area (Å²) in [5.41, 5.74) is 11.7. The molecule has 10 N–H and O–H groups in total. The number of aliphatic hydroxyl groups is 2. The van der Waals surface area contributed by atoms with Crippen molar-refractivity contribution in [2.24, 2.45) is 16.5 Å². The summed E-state index contributed by atoms with van der Waals surface area (Å²) in [4.78, 5) is 43.0. The van der Waals surface area contributed by atoms with Crippen LogP contribution < -0.4 is 37.1 Å². The molecule has 1 aromatic carbocycles. The van der Waals surface area contributed by atoms with E-state index < -0.39 is 41.4 Å². The van der Waals surface area contributed by atoms with Crippen LogP contribution in [0.2, 0.25) is 0 Å². The second-order valence-corrected chi connectivity index (χ2v) is 11.3. The predicted octanol–water partition coefficient (Wildman–Crippen LogP) is -4.18. The number of nitrogens with zero attached hydrogens (tertiary/aromatic N) is 4. The van der Waals surface area contributed by atoms with E-state index in [1.165, 1.54) is 17.3 Å². The normalized spacial score (nSPS) is 28.6. The molecule has 0 aliphatic carbocycles. The summed E-state index contributed by atoms with van der Waals surface area (Å²) < 4.78 is 5.89. The Kier molecular flexibility index (Phi) is 6.04. The number of nitrogens with two attached hydrogens (primary N) is 2. The molecule has 4 atom stereocenters. The van der Waals surface area contributed by atoms with E-state index in [1.54, 1.807) is 18.2 Å². The number of carbonyl (C=O) groups excluding carboxylic acids is 2. The number of fused-ring (bicyclic) bond motifs is 1. The van der Waals surface area contributed by atoms with Crippen molar-refractivity contribution in [3.05, 3.63) is 53.6 Å². The van der Waals surface area contributed by atoms with Gasteiger partial charge in [0.1, 0.15) is 17.8 Å². The zero-order valence-corrected chi connectivity index (χ0v) is 22.6. The second kappa shape index (κ2) is 9.27. The van der Waals surface area contributed by atoms with Crippen molar-refractivity contribution >= 4 is 23.7 Å². The van der Waals surface area contributed by atoms with Crippen LogP contribution in [0.15, 0.2) is 41.7 Å². The minimum Gasteiger partial charge on any atom is -0.492 e. The quantitative estimate of drug-likeness (QED) is 0.162. The first kappa shape index (κ1) is 26.7. The monoisotopic (exact) mass is 565 g/mol. The fraction of sp³-hybridized carbons (Fsp3) is 0.462. The standard InChI is InChI=1S/C26H32N10O5/c1-24(2)7-10-41-17-13(5-3-6-14(17)24)20(37)33-16-12-36-23(28)32-15(11-31-21(38)19-29-8-4-9-30-19)18-25(36,26(16,39)40)35-22(27)34-18/h3-6,8-9,15-16,18,39-40H,7,10-12H2,1-2H3,(H2,28,32)(H,31,38)(H,33,37)(H3,27,34,35)/p+1/t15-,16?,18-,25?/m0/s1. The predicted molar refractivity (Wildman–Crippen MR) is 144 cm³/mol. The fourth-order valence-corrected chi connectivity index (χ4v) is 6.21. The highest BCUT2D eigenvalue weighted by Gasteiger charge is 2.76. The highest BCUT2D eigenvalue weighted by Crippen LogP contribution is 2.43. The lowest BCUT2D eigenvalue weighted by atomic mass is 9.79. The van der Waals surface area contributed by atoms with Crippen molar-refractivity contribution in [3.8, 4) is 5.75 Å². The molecule has 4 aliphatic heterocycles. The van der Waals surface area contributed by atoms with E-state index in [1.807, 2.05) is 6.07 Å². The largest absolute Gasteiger partial charge is 0.492 e. The lowest BCUT2D eigenvalue weighted by Crippen LogP contribution is -2.90. The van der Waals surface area contributed by atoms with Crippen molar-refractivity contribution in [2.75, 3.05) is 19.7 Å². The molecular weight excluding hydrogens is 532 g/mol. The van der Waals surface area contributed by atoms with Crippen LogP contribution in [0.5, 0.6) is 5.75 Å². The molecule has 0 saturated carbocycles. The van der Waals surface area contributed by atoms with Crippen LogP contribution in [-0.2, 0) is 5.41 Å². The average molecular weight is 566 g/mol. The van der Waals surface area contributed by atoms with Gasteiger partial charge in [0, 0.05) is 24.5 Å². The lowest BCUT2D eigenvalue weighted by molar-refractivity contribution is -0.521. The molecule has 6 rings (SSSR count). The SMILES string of the molecule is CC1(C)CCOc2c(C(=O)NC3CN4C(N)=N[C@@H](CNC(=O)c5ncccn5)[C@@H]5[NH+]=C(N)NC54C3(O)O)cccc21. The Morgan fingerprint density at radius 2 is 1.95 bits per heavy atom. The third kappa shape index (κ3) is 4.02. The molecule has 4 aliphatic rings. The van der Waals surface area contributed by atoms with Gasteiger partial charge < -0.3 is 31.3 Å². The first-order valence-electron chi connectivity index (χ1n) is 13.3. The maximum Gasteiger partial charge on any atom is 0.343 e. The van der Waals surface area contributed by atoms with E-state index in [-0.39, 0.29) is 36.2 Å². The Balaban J connectivity index is 1.27. The van der Waals surface area contributed by atoms with Crippen LogP contribution in [0.25, 0.3) is 0 Å². The highest BCUT2D eigenvalue weighted by atomic mass is 16.5. The minimum absolute atomic E-state index is 0.0214. The number of hydrogen-bond donors (Lipinski definition) is 8. The van der Waals surface area contributed by atoms with Crippen molar-refractivity contribution in [1.82, 2.24) is 30.8 Å². The van der Waals surface area contributed by atoms with Crippen LogP contribution in [-0.4, -0.2) is 98.1 Å². The van der Waals surface area contributed by atoms with E-state index in [0.29, 0.717) is 17.9 Å². The van der Waals surface area contributed by atoms with Gasteiger partial charge in [-0.25, -0.2) is 20.3 Å². The molecule has 1 spiro atoms. The summed E-state index contributed by atoms with van der Waals surface area (Å²) in [6.07, 6.45) is 3.69. The summed E-state index contributed by atoms with van der Waals surface area (Å²) in [5.74, 6) is -3.18. The maximum absolute atomic E-state index is 13.6. The van der Waals surface area contributed by atoms with Crippen LogP contribution in [0, 0.1) is 0 Å². The van der Waals surface area contributed by atoms with Crippen LogP contribution >= 0.6 is 0 Å². The molecule has 5 heterocycles. The Bertz CT molecular complexity index is 1460. The molecule has 2 unspecified atom stereocenters. The summed E-state index contributed by atoms with van der Waals surface area (Å²) in [6, 6.07) is 4.08. The van der Waals surface area contributed by atoms with Gasteiger partial charge in [0.25, 0.3) is 17.5 Å². The Hall–Kier alpha value is -4.50. The number of nitrogens with one attached hydrogen (secondary N) is 4. The topological polar surface area (TPSA) is 227 Å². The number of aliphatic imine (C=N–C) groups is 1. The smallest absolute Gasteiger partial charge is 0.343 e. The zero-order chi connectivity index (χ0) is 29.2. The maximum atomic E-state index is 13.6.